The summed E-state index contributed by atoms with van der Waals surface area (Å²) >= 11 is 17.7. The van der Waals surface area contributed by atoms with Gasteiger partial charge in [-0.1, -0.05) is 224 Å². The zero-order chi connectivity index (χ0) is 78.0. The van der Waals surface area contributed by atoms with E-state index in [1.807, 2.05) is 136 Å². The number of hydrogen-bond acceptors (Lipinski definition) is 6. The number of aryl methyl sites for hydroxylation is 3. The highest BCUT2D eigenvalue weighted by Crippen LogP contribution is 2.33. The molecule has 8 aromatic carbocycles. The van der Waals surface area contributed by atoms with E-state index in [4.69, 9.17) is 46.3 Å². The van der Waals surface area contributed by atoms with E-state index in [1.165, 1.54) is 67.3 Å². The summed E-state index contributed by atoms with van der Waals surface area (Å²) in [5.74, 6) is 2.63. The zero-order valence-electron chi connectivity index (χ0n) is 67.2. The first kappa shape index (κ1) is 94.1. The van der Waals surface area contributed by atoms with Crippen LogP contribution in [0.5, 0.6) is 0 Å². The molecule has 0 radical (unpaired) electrons. The Hall–Kier alpha value is -5.89. The van der Waals surface area contributed by atoms with E-state index in [1.54, 1.807) is 30.3 Å². The van der Waals surface area contributed by atoms with Crippen LogP contribution in [-0.2, 0) is 39.3 Å². The fourth-order valence-electron chi connectivity index (χ4n) is 12.7. The molecule has 8 rings (SSSR count). The van der Waals surface area contributed by atoms with Crippen molar-refractivity contribution in [2.24, 2.45) is 11.5 Å². The third-order valence-electron chi connectivity index (χ3n) is 17.9. The Kier molecular flexibility index (Phi) is 44.5. The minimum atomic E-state index is -0.215. The van der Waals surface area contributed by atoms with Crippen LogP contribution in [0.1, 0.15) is 275 Å². The van der Waals surface area contributed by atoms with Crippen molar-refractivity contribution in [2.45, 2.75) is 246 Å². The number of nitrogens with two attached hydrogens (primary N) is 2. The highest BCUT2D eigenvalue weighted by Gasteiger charge is 2.17. The van der Waals surface area contributed by atoms with E-state index in [2.05, 4.69) is 158 Å². The molecular weight excluding hydrogens is 1340 g/mol. The van der Waals surface area contributed by atoms with Gasteiger partial charge in [0.15, 0.2) is 0 Å². The van der Waals surface area contributed by atoms with Crippen LogP contribution in [0.25, 0.3) is 0 Å². The summed E-state index contributed by atoms with van der Waals surface area (Å²) in [5.41, 5.74) is 35.3. The van der Waals surface area contributed by atoms with Crippen molar-refractivity contribution in [1.82, 2.24) is 21.3 Å². The molecular formula is C89H129Cl3F4N6. The highest BCUT2D eigenvalue weighted by molar-refractivity contribution is 6.36. The lowest BCUT2D eigenvalue weighted by atomic mass is 9.91. The van der Waals surface area contributed by atoms with Crippen LogP contribution >= 0.6 is 34.8 Å². The Bertz CT molecular complexity index is 3660. The van der Waals surface area contributed by atoms with E-state index in [-0.39, 0.29) is 46.9 Å². The van der Waals surface area contributed by atoms with Crippen LogP contribution in [0.4, 0.5) is 17.6 Å². The molecule has 8 aromatic rings. The normalized spacial score (nSPS) is 10.9. The molecule has 0 bridgehead atoms. The standard InChI is InChI=1S/C13H20FN.2C12H18FN.C12H19N.2C11H17N.C9H10Cl2.C9H10ClF/c1-8(2)13-10(4)11(7-15-5)9(3)6-12(13)14;1-8(2)12-9(3)5-10(7-14-4)6-11(12)13;1-8(2)12-9(3)10(7-14-4)5-6-11(12)13;1-9(2)12-7-5-6-11(8-13-4)10(12)3;1-8(2)11-5-4-10(7-12)6-9(11)3;1-8(2)11-6-4-5-10(7-12)9(11)3;2*1-6(2)9-7(10)4-3-5-8(9)11/h6,8,15H,7H2,1-5H3;2*5-6,8,14H,7H2,1-4H3;5-7,9,13H,8H2,1-4H3;2*4-6,8H,7,12H2,1-3H3;2*3-6H,1-2H3. The average molecular weight is 1470 g/mol. The molecule has 564 valence electrons. The third kappa shape index (κ3) is 30.3. The molecule has 0 saturated heterocycles. The topological polar surface area (TPSA) is 100 Å². The summed E-state index contributed by atoms with van der Waals surface area (Å²) in [6, 6.07) is 38.5. The van der Waals surface area contributed by atoms with Gasteiger partial charge in [0.1, 0.15) is 23.3 Å². The molecule has 8 N–H and O–H groups in total. The van der Waals surface area contributed by atoms with Gasteiger partial charge in [0.2, 0.25) is 0 Å². The predicted octanol–water partition coefficient (Wildman–Crippen LogP) is 25.0. The number of benzene rings is 8. The first-order valence-corrected chi connectivity index (χ1v) is 37.5. The van der Waals surface area contributed by atoms with Gasteiger partial charge >= 0.3 is 0 Å². The largest absolute Gasteiger partial charge is 0.326 e. The van der Waals surface area contributed by atoms with E-state index in [0.717, 1.165) is 86.3 Å². The monoisotopic (exact) mass is 1460 g/mol. The van der Waals surface area contributed by atoms with Crippen molar-refractivity contribution in [2.75, 3.05) is 28.2 Å². The Labute approximate surface area is 631 Å². The number of rotatable bonds is 18. The van der Waals surface area contributed by atoms with E-state index < -0.39 is 0 Å². The summed E-state index contributed by atoms with van der Waals surface area (Å²) in [6.07, 6.45) is 0. The molecule has 0 saturated carbocycles. The van der Waals surface area contributed by atoms with Gasteiger partial charge in [0.25, 0.3) is 0 Å². The molecule has 6 nitrogen and oxygen atoms in total. The first-order valence-electron chi connectivity index (χ1n) is 36.3. The molecule has 0 atom stereocenters. The van der Waals surface area contributed by atoms with E-state index >= 15 is 0 Å². The molecule has 0 spiro atoms. The number of nitrogens with one attached hydrogen (secondary N) is 4. The predicted molar refractivity (Wildman–Crippen MR) is 439 cm³/mol. The second kappa shape index (κ2) is 48.3. The van der Waals surface area contributed by atoms with Gasteiger partial charge in [-0.2, -0.15) is 0 Å². The number of hydrogen-bond donors (Lipinski definition) is 6. The van der Waals surface area contributed by atoms with Gasteiger partial charge in [0.05, 0.1) is 0 Å². The molecule has 0 aliphatic carbocycles. The second-order valence-corrected chi connectivity index (χ2v) is 30.0. The molecule has 0 aromatic heterocycles. The van der Waals surface area contributed by atoms with Crippen LogP contribution in [0.3, 0.4) is 0 Å². The third-order valence-corrected chi connectivity index (χ3v) is 18.9. The van der Waals surface area contributed by atoms with Gasteiger partial charge in [-0.05, 0) is 278 Å². The van der Waals surface area contributed by atoms with Crippen molar-refractivity contribution in [3.05, 3.63) is 276 Å². The Morgan fingerprint density at radius 1 is 0.304 bits per heavy atom. The lowest BCUT2D eigenvalue weighted by Crippen LogP contribution is -2.11. The minimum Gasteiger partial charge on any atom is -0.326 e. The molecule has 0 fully saturated rings. The van der Waals surface area contributed by atoms with Gasteiger partial charge in [-0.3, -0.25) is 0 Å². The second-order valence-electron chi connectivity index (χ2n) is 28.7. The van der Waals surface area contributed by atoms with Crippen LogP contribution in [-0.4, -0.2) is 28.2 Å². The molecule has 0 aliphatic rings. The van der Waals surface area contributed by atoms with Crippen molar-refractivity contribution in [1.29, 1.82) is 0 Å². The fraction of sp³-hybridized carbons (Fsp3) is 0.461. The molecule has 0 unspecified atom stereocenters. The summed E-state index contributed by atoms with van der Waals surface area (Å²) < 4.78 is 53.9. The van der Waals surface area contributed by atoms with E-state index in [9.17, 15) is 17.6 Å². The van der Waals surface area contributed by atoms with Gasteiger partial charge in [0, 0.05) is 59.9 Å². The maximum Gasteiger partial charge on any atom is 0.128 e. The lowest BCUT2D eigenvalue weighted by molar-refractivity contribution is 0.591. The maximum atomic E-state index is 13.8. The first-order chi connectivity index (χ1) is 47.8. The average Bonchev–Trinajstić information content (AvgIpc) is 0.817. The Morgan fingerprint density at radius 3 is 1.09 bits per heavy atom. The van der Waals surface area contributed by atoms with Crippen LogP contribution < -0.4 is 32.7 Å². The van der Waals surface area contributed by atoms with Crippen molar-refractivity contribution >= 4 is 34.8 Å². The fourth-order valence-corrected chi connectivity index (χ4v) is 14.0. The van der Waals surface area contributed by atoms with E-state index in [0.29, 0.717) is 47.3 Å². The molecule has 0 heterocycles. The van der Waals surface area contributed by atoms with Gasteiger partial charge in [-0.25, -0.2) is 17.6 Å². The van der Waals surface area contributed by atoms with Crippen LogP contribution in [0.15, 0.2) is 121 Å². The van der Waals surface area contributed by atoms with Gasteiger partial charge in [-0.15, -0.1) is 0 Å². The smallest absolute Gasteiger partial charge is 0.128 e. The summed E-state index contributed by atoms with van der Waals surface area (Å²) in [4.78, 5) is 0. The van der Waals surface area contributed by atoms with Crippen molar-refractivity contribution in [3.63, 3.8) is 0 Å². The summed E-state index contributed by atoms with van der Waals surface area (Å²) in [6.45, 7) is 52.5. The van der Waals surface area contributed by atoms with Crippen molar-refractivity contribution in [3.8, 4) is 0 Å². The van der Waals surface area contributed by atoms with Crippen LogP contribution in [0.2, 0.25) is 15.1 Å². The molecule has 0 amide bonds. The molecule has 102 heavy (non-hydrogen) atoms. The summed E-state index contributed by atoms with van der Waals surface area (Å²) in [7, 11) is 7.67. The molecule has 0 aliphatic heterocycles. The van der Waals surface area contributed by atoms with Crippen LogP contribution in [0, 0.1) is 71.7 Å². The summed E-state index contributed by atoms with van der Waals surface area (Å²) in [5, 5.41) is 14.5. The number of halogens is 7. The maximum absolute atomic E-state index is 13.8. The minimum absolute atomic E-state index is 0.0696. The zero-order valence-corrected chi connectivity index (χ0v) is 69.5. The Morgan fingerprint density at radius 2 is 0.696 bits per heavy atom. The molecule has 13 heteroatoms. The highest BCUT2D eigenvalue weighted by atomic mass is 35.5. The SMILES string of the molecule is CC(C)c1c(Cl)cccc1Cl.CC(C)c1c(F)cccc1Cl.CNCc1c(C)cc(F)c(C(C)C)c1C.CNCc1cc(C)c(C(C)C)c(F)c1.CNCc1ccc(F)c(C(C)C)c1C.CNCc1cccc(C(C)C)c1C.Cc1c(CN)cccc1C(C)C.Cc1cc(CN)ccc1C(C)C. The van der Waals surface area contributed by atoms with Gasteiger partial charge < -0.3 is 32.7 Å². The lowest BCUT2D eigenvalue weighted by Gasteiger charge is -2.17. The Balaban J connectivity index is 0.000000584. The van der Waals surface area contributed by atoms with Crippen molar-refractivity contribution < 1.29 is 17.6 Å². The quantitative estimate of drug-likeness (QED) is 0.0479.